The number of aromatic hydroxyl groups is 1. The molecule has 1 aromatic carbocycles. The number of carbonyl (C=O) groups is 3. The second kappa shape index (κ2) is 6.41. The van der Waals surface area contributed by atoms with Crippen LogP contribution in [0.15, 0.2) is 40.9 Å². The number of fused-ring (bicyclic) bond motifs is 3. The van der Waals surface area contributed by atoms with Gasteiger partial charge in [-0.15, -0.1) is 0 Å². The third-order valence-electron chi connectivity index (χ3n) is 6.73. The lowest BCUT2D eigenvalue weighted by Gasteiger charge is -2.49. The van der Waals surface area contributed by atoms with E-state index in [0.29, 0.717) is 12.0 Å². The van der Waals surface area contributed by atoms with Crippen LogP contribution in [-0.4, -0.2) is 49.5 Å². The summed E-state index contributed by atoms with van der Waals surface area (Å²) in [5, 5.41) is 42.9. The fraction of sp³-hybridized carbons (Fsp3) is 0.381. The van der Waals surface area contributed by atoms with E-state index in [0.717, 1.165) is 0 Å². The van der Waals surface area contributed by atoms with Crippen LogP contribution in [-0.2, 0) is 9.59 Å². The topological polar surface area (TPSA) is 184 Å². The maximum atomic E-state index is 13.2. The molecule has 1 amide bonds. The van der Waals surface area contributed by atoms with Gasteiger partial charge in [-0.3, -0.25) is 14.4 Å². The van der Waals surface area contributed by atoms with E-state index in [4.69, 9.17) is 11.5 Å². The third kappa shape index (κ3) is 2.27. The maximum absolute atomic E-state index is 13.2. The molecule has 0 aromatic heterocycles. The molecule has 8 N–H and O–H groups in total. The zero-order valence-electron chi connectivity index (χ0n) is 16.1. The van der Waals surface area contributed by atoms with E-state index >= 15 is 0 Å². The fourth-order valence-electron chi connectivity index (χ4n) is 5.31. The minimum Gasteiger partial charge on any atom is -0.510 e. The second-order valence-corrected chi connectivity index (χ2v) is 8.04. The number of phenolic OH excluding ortho intramolecular Hbond substituents is 1. The van der Waals surface area contributed by atoms with E-state index in [-0.39, 0.29) is 29.2 Å². The molecule has 0 saturated carbocycles. The molecule has 0 saturated heterocycles. The second-order valence-electron chi connectivity index (χ2n) is 8.04. The highest BCUT2D eigenvalue weighted by molar-refractivity contribution is 6.24. The van der Waals surface area contributed by atoms with Crippen molar-refractivity contribution in [1.82, 2.24) is 0 Å². The molecule has 0 heterocycles. The first-order chi connectivity index (χ1) is 14.1. The van der Waals surface area contributed by atoms with Crippen LogP contribution in [0.1, 0.15) is 41.6 Å². The van der Waals surface area contributed by atoms with Gasteiger partial charge in [0.2, 0.25) is 5.78 Å². The summed E-state index contributed by atoms with van der Waals surface area (Å²) in [4.78, 5) is 37.9. The molecule has 0 radical (unpaired) electrons. The molecule has 1 aromatic rings. The maximum Gasteiger partial charge on any atom is 0.255 e. The molecule has 0 aliphatic heterocycles. The molecule has 30 heavy (non-hydrogen) atoms. The Labute approximate surface area is 171 Å². The molecule has 3 aliphatic rings. The van der Waals surface area contributed by atoms with Gasteiger partial charge in [-0.2, -0.15) is 0 Å². The molecule has 4 rings (SSSR count). The Morgan fingerprint density at radius 2 is 1.90 bits per heavy atom. The number of carbonyl (C=O) groups excluding carboxylic acids is 3. The van der Waals surface area contributed by atoms with E-state index in [1.54, 1.807) is 12.1 Å². The average molecular weight is 414 g/mol. The number of rotatable bonds is 2. The highest BCUT2D eigenvalue weighted by Gasteiger charge is 2.63. The van der Waals surface area contributed by atoms with Crippen LogP contribution in [0.25, 0.3) is 0 Å². The Morgan fingerprint density at radius 3 is 2.50 bits per heavy atom. The van der Waals surface area contributed by atoms with E-state index in [1.165, 1.54) is 6.07 Å². The first kappa shape index (κ1) is 20.1. The predicted octanol–water partition coefficient (Wildman–Crippen LogP) is 0.469. The number of phenols is 1. The summed E-state index contributed by atoms with van der Waals surface area (Å²) in [5.74, 6) is -7.33. The molecule has 158 valence electrons. The van der Waals surface area contributed by atoms with Gasteiger partial charge in [0.05, 0.1) is 11.6 Å². The molecular formula is C21H22N2O7. The Hall–Kier alpha value is -3.17. The standard InChI is InChI=1S/C21H22N2O7/c1-2-7-8-4-3-5-11(24)12(8)16(25)13-9(7)6-10-15(22)17(26)14(20(23)29)19(28)21(10,30)18(13)27/h3-5,7,9-10,15,24,26-27,30H,2,6,22H2,1H3,(H2,23,29)/t7-,9-,10+,15+,21+/m1/s1. The first-order valence-corrected chi connectivity index (χ1v) is 9.63. The smallest absolute Gasteiger partial charge is 0.255 e. The molecular weight excluding hydrogens is 392 g/mol. The minimum absolute atomic E-state index is 0.00174. The monoisotopic (exact) mass is 414 g/mol. The largest absolute Gasteiger partial charge is 0.510 e. The molecule has 0 fully saturated rings. The van der Waals surface area contributed by atoms with Crippen molar-refractivity contribution in [2.24, 2.45) is 23.3 Å². The quantitative estimate of drug-likeness (QED) is 0.377. The lowest BCUT2D eigenvalue weighted by molar-refractivity contribution is -0.145. The lowest BCUT2D eigenvalue weighted by atomic mass is 9.56. The van der Waals surface area contributed by atoms with Crippen LogP contribution in [0.3, 0.4) is 0 Å². The van der Waals surface area contributed by atoms with Crippen molar-refractivity contribution in [3.05, 3.63) is 52.0 Å². The highest BCUT2D eigenvalue weighted by Crippen LogP contribution is 2.55. The highest BCUT2D eigenvalue weighted by atomic mass is 16.3. The number of nitrogens with two attached hydrogens (primary N) is 2. The van der Waals surface area contributed by atoms with Crippen molar-refractivity contribution in [1.29, 1.82) is 0 Å². The number of aliphatic hydroxyl groups excluding tert-OH is 2. The number of hydrogen-bond acceptors (Lipinski definition) is 8. The van der Waals surface area contributed by atoms with Gasteiger partial charge in [-0.1, -0.05) is 19.1 Å². The summed E-state index contributed by atoms with van der Waals surface area (Å²) in [6.07, 6.45) is 0.534. The number of amides is 1. The zero-order valence-corrected chi connectivity index (χ0v) is 16.1. The first-order valence-electron chi connectivity index (χ1n) is 9.63. The van der Waals surface area contributed by atoms with Crippen molar-refractivity contribution in [3.63, 3.8) is 0 Å². The summed E-state index contributed by atoms with van der Waals surface area (Å²) in [6, 6.07) is 3.32. The van der Waals surface area contributed by atoms with Crippen molar-refractivity contribution in [2.75, 3.05) is 0 Å². The van der Waals surface area contributed by atoms with Gasteiger partial charge in [0.1, 0.15) is 22.8 Å². The lowest BCUT2D eigenvalue weighted by Crippen LogP contribution is -2.63. The van der Waals surface area contributed by atoms with Gasteiger partial charge < -0.3 is 31.9 Å². The SMILES string of the molecule is CC[C@@H]1c2cccc(O)c2C(=O)C2=C(O)[C@]3(O)C(=O)C(C(N)=O)=C(O)[C@@H](N)[C@@H]3C[C@@H]21. The van der Waals surface area contributed by atoms with Gasteiger partial charge in [0.25, 0.3) is 5.91 Å². The fourth-order valence-corrected chi connectivity index (χ4v) is 5.31. The Morgan fingerprint density at radius 1 is 1.23 bits per heavy atom. The van der Waals surface area contributed by atoms with Gasteiger partial charge in [-0.25, -0.2) is 0 Å². The number of benzene rings is 1. The molecule has 5 atom stereocenters. The summed E-state index contributed by atoms with van der Waals surface area (Å²) in [7, 11) is 0. The van der Waals surface area contributed by atoms with Crippen LogP contribution in [0.2, 0.25) is 0 Å². The summed E-state index contributed by atoms with van der Waals surface area (Å²) >= 11 is 0. The number of hydrogen-bond donors (Lipinski definition) is 6. The van der Waals surface area contributed by atoms with E-state index in [2.05, 4.69) is 0 Å². The number of allylic oxidation sites excluding steroid dienone is 1. The number of primary amides is 1. The van der Waals surface area contributed by atoms with E-state index < -0.39 is 58.0 Å². The average Bonchev–Trinajstić information content (AvgIpc) is 2.68. The number of aliphatic hydroxyl groups is 3. The Balaban J connectivity index is 2.00. The van der Waals surface area contributed by atoms with Crippen molar-refractivity contribution >= 4 is 17.5 Å². The van der Waals surface area contributed by atoms with Crippen molar-refractivity contribution in [2.45, 2.75) is 37.3 Å². The van der Waals surface area contributed by atoms with Crippen molar-refractivity contribution in [3.8, 4) is 5.75 Å². The molecule has 0 spiro atoms. The van der Waals surface area contributed by atoms with Crippen LogP contribution in [0, 0.1) is 11.8 Å². The summed E-state index contributed by atoms with van der Waals surface area (Å²) in [6.45, 7) is 1.87. The Bertz CT molecular complexity index is 1070. The van der Waals surface area contributed by atoms with Gasteiger partial charge in [-0.05, 0) is 36.3 Å². The molecule has 0 unspecified atom stereocenters. The van der Waals surface area contributed by atoms with Crippen LogP contribution < -0.4 is 11.5 Å². The summed E-state index contributed by atoms with van der Waals surface area (Å²) < 4.78 is 0. The minimum atomic E-state index is -2.68. The van der Waals surface area contributed by atoms with Crippen LogP contribution in [0.5, 0.6) is 5.75 Å². The molecule has 3 aliphatic carbocycles. The molecule has 9 nitrogen and oxygen atoms in total. The number of Topliss-reactive ketones (excluding diaryl/α,β-unsaturated/α-hetero) is 2. The Kier molecular flexibility index (Phi) is 4.30. The normalized spacial score (nSPS) is 33.2. The van der Waals surface area contributed by atoms with E-state index in [1.807, 2.05) is 6.92 Å². The van der Waals surface area contributed by atoms with Gasteiger partial charge >= 0.3 is 0 Å². The molecule has 0 bridgehead atoms. The van der Waals surface area contributed by atoms with E-state index in [9.17, 15) is 34.8 Å². The van der Waals surface area contributed by atoms with Crippen LogP contribution in [0.4, 0.5) is 0 Å². The van der Waals surface area contributed by atoms with Gasteiger partial charge in [0.15, 0.2) is 11.4 Å². The van der Waals surface area contributed by atoms with Gasteiger partial charge in [0, 0.05) is 11.5 Å². The number of ketones is 2. The van der Waals surface area contributed by atoms with Crippen molar-refractivity contribution < 1.29 is 34.8 Å². The molecule has 9 heteroatoms. The predicted molar refractivity (Wildman–Crippen MR) is 104 cm³/mol. The third-order valence-corrected chi connectivity index (χ3v) is 6.73. The zero-order chi connectivity index (χ0) is 22.1. The van der Waals surface area contributed by atoms with Crippen LogP contribution >= 0.6 is 0 Å². The summed E-state index contributed by atoms with van der Waals surface area (Å²) in [5.41, 5.74) is 8.06.